The minimum atomic E-state index is -3.96. The summed E-state index contributed by atoms with van der Waals surface area (Å²) in [6.45, 7) is 0.716. The summed E-state index contributed by atoms with van der Waals surface area (Å²) in [7, 11) is 1.23. The molecule has 3 rings (SSSR count). The molecule has 0 bridgehead atoms. The molecule has 0 saturated carbocycles. The number of hydrogen-bond donors (Lipinski definition) is 0. The maximum atomic E-state index is 13.2. The molecule has 0 aliphatic heterocycles. The molecular weight excluding hydrogens is 465 g/mol. The van der Waals surface area contributed by atoms with Crippen molar-refractivity contribution in [1.82, 2.24) is 9.88 Å². The smallest absolute Gasteiger partial charge is 0.244 e. The summed E-state index contributed by atoms with van der Waals surface area (Å²) in [6, 6.07) is 7.73. The van der Waals surface area contributed by atoms with Crippen LogP contribution in [0.3, 0.4) is 0 Å². The zero-order valence-corrected chi connectivity index (χ0v) is 19.5. The maximum absolute atomic E-state index is 13.2. The first-order valence-electron chi connectivity index (χ1n) is 9.19. The highest BCUT2D eigenvalue weighted by Gasteiger charge is 2.27. The number of nitrogens with zero attached hydrogens (tertiary/aromatic N) is 3. The molecule has 0 aliphatic rings. The van der Waals surface area contributed by atoms with E-state index in [0.717, 1.165) is 24.3 Å². The Labute approximate surface area is 188 Å². The van der Waals surface area contributed by atoms with E-state index in [9.17, 15) is 17.6 Å². The first kappa shape index (κ1) is 23.4. The normalized spacial score (nSPS) is 11.8. The van der Waals surface area contributed by atoms with Crippen molar-refractivity contribution in [2.45, 2.75) is 4.90 Å². The molecule has 0 saturated heterocycles. The molecule has 0 fully saturated rings. The molecule has 0 N–H and O–H groups in total. The number of thiazole rings is 1. The van der Waals surface area contributed by atoms with E-state index in [1.807, 2.05) is 19.0 Å². The third kappa shape index (κ3) is 5.32. The lowest BCUT2D eigenvalue weighted by atomic mass is 10.3. The average Bonchev–Trinajstić information content (AvgIpc) is 3.14. The fourth-order valence-corrected chi connectivity index (χ4v) is 5.31. The predicted molar refractivity (Wildman–Crippen MR) is 121 cm³/mol. The summed E-state index contributed by atoms with van der Waals surface area (Å²) in [5.74, 6) is -1.47. The molecule has 31 heavy (non-hydrogen) atoms. The van der Waals surface area contributed by atoms with Gasteiger partial charge in [0.25, 0.3) is 0 Å². The number of anilines is 1. The van der Waals surface area contributed by atoms with E-state index >= 15 is 0 Å². The van der Waals surface area contributed by atoms with E-state index in [2.05, 4.69) is 4.98 Å². The highest BCUT2D eigenvalue weighted by Crippen LogP contribution is 2.38. The number of hydrogen-bond acceptors (Lipinski definition) is 7. The Kier molecular flexibility index (Phi) is 7.15. The monoisotopic (exact) mass is 485 g/mol. The second kappa shape index (κ2) is 9.47. The van der Waals surface area contributed by atoms with Gasteiger partial charge in [-0.15, -0.1) is 0 Å². The molecule has 1 aromatic heterocycles. The van der Waals surface area contributed by atoms with Gasteiger partial charge in [0, 0.05) is 13.1 Å². The van der Waals surface area contributed by atoms with Crippen molar-refractivity contribution in [3.8, 4) is 5.75 Å². The van der Waals surface area contributed by atoms with Crippen LogP contribution in [0.5, 0.6) is 5.75 Å². The molecule has 0 aliphatic carbocycles. The van der Waals surface area contributed by atoms with Crippen LogP contribution in [0.2, 0.25) is 5.02 Å². The molecule has 166 valence electrons. The fraction of sp³-hybridized carbons (Fsp3) is 0.300. The van der Waals surface area contributed by atoms with Crippen molar-refractivity contribution in [3.05, 3.63) is 47.2 Å². The van der Waals surface area contributed by atoms with Gasteiger partial charge in [-0.2, -0.15) is 0 Å². The number of ether oxygens (including phenoxy) is 1. The molecule has 0 spiro atoms. The number of fused-ring (bicyclic) bond motifs is 1. The largest absolute Gasteiger partial charge is 0.494 e. The molecule has 1 heterocycles. The molecular formula is C20H21ClFN3O4S2. The number of aromatic nitrogens is 1. The fourth-order valence-electron chi connectivity index (χ4n) is 2.81. The van der Waals surface area contributed by atoms with Crippen molar-refractivity contribution in [2.24, 2.45) is 0 Å². The minimum Gasteiger partial charge on any atom is -0.494 e. The van der Waals surface area contributed by atoms with E-state index in [1.54, 1.807) is 12.1 Å². The number of benzene rings is 2. The van der Waals surface area contributed by atoms with Gasteiger partial charge in [-0.3, -0.25) is 9.69 Å². The summed E-state index contributed by atoms with van der Waals surface area (Å²) >= 11 is 7.47. The zero-order valence-electron chi connectivity index (χ0n) is 17.1. The van der Waals surface area contributed by atoms with E-state index < -0.39 is 27.3 Å². The van der Waals surface area contributed by atoms with Gasteiger partial charge in [0.2, 0.25) is 5.91 Å². The van der Waals surface area contributed by atoms with Gasteiger partial charge in [0.05, 0.1) is 21.7 Å². The molecule has 0 unspecified atom stereocenters. The lowest BCUT2D eigenvalue weighted by Gasteiger charge is -2.22. The van der Waals surface area contributed by atoms with Gasteiger partial charge in [-0.25, -0.2) is 17.8 Å². The Balaban J connectivity index is 1.97. The number of carbonyl (C=O) groups excluding carboxylic acids is 1. The topological polar surface area (TPSA) is 79.8 Å². The number of likely N-dealkylation sites (N-methyl/N-ethyl adjacent to an activating group) is 1. The third-order valence-electron chi connectivity index (χ3n) is 4.46. The highest BCUT2D eigenvalue weighted by atomic mass is 35.5. The highest BCUT2D eigenvalue weighted by molar-refractivity contribution is 7.92. The van der Waals surface area contributed by atoms with Crippen LogP contribution in [0.25, 0.3) is 10.2 Å². The summed E-state index contributed by atoms with van der Waals surface area (Å²) in [5, 5.41) is 0.779. The van der Waals surface area contributed by atoms with Crippen LogP contribution in [0.1, 0.15) is 0 Å². The van der Waals surface area contributed by atoms with Crippen LogP contribution >= 0.6 is 22.9 Å². The molecule has 3 aromatic rings. The van der Waals surface area contributed by atoms with Gasteiger partial charge in [0.1, 0.15) is 22.8 Å². The van der Waals surface area contributed by atoms with Crippen molar-refractivity contribution >= 4 is 54.0 Å². The summed E-state index contributed by atoms with van der Waals surface area (Å²) in [5.41, 5.74) is 0.499. The van der Waals surface area contributed by atoms with Gasteiger partial charge in [0.15, 0.2) is 15.0 Å². The Bertz CT molecular complexity index is 1200. The second-order valence-corrected chi connectivity index (χ2v) is 10.4. The Hall–Kier alpha value is -2.27. The Morgan fingerprint density at radius 2 is 1.84 bits per heavy atom. The number of methoxy groups -OCH3 is 1. The summed E-state index contributed by atoms with van der Waals surface area (Å²) in [4.78, 5) is 20.7. The quantitative estimate of drug-likeness (QED) is 0.454. The van der Waals surface area contributed by atoms with Gasteiger partial charge < -0.3 is 9.64 Å². The standard InChI is InChI=1S/C20H21ClFN3O4S2/c1-24(2)10-11-25(17(26)12-31(27,28)14-6-4-13(22)5-7-14)20-23-18-16(29-3)9-8-15(21)19(18)30-20/h4-9H,10-12H2,1-3H3. The summed E-state index contributed by atoms with van der Waals surface area (Å²) in [6.07, 6.45) is 0. The maximum Gasteiger partial charge on any atom is 0.244 e. The van der Waals surface area contributed by atoms with Gasteiger partial charge >= 0.3 is 0 Å². The van der Waals surface area contributed by atoms with Crippen LogP contribution in [-0.4, -0.2) is 64.3 Å². The van der Waals surface area contributed by atoms with Crippen molar-refractivity contribution in [2.75, 3.05) is 44.9 Å². The molecule has 11 heteroatoms. The Morgan fingerprint density at radius 3 is 2.45 bits per heavy atom. The lowest BCUT2D eigenvalue weighted by Crippen LogP contribution is -2.40. The van der Waals surface area contributed by atoms with E-state index in [-0.39, 0.29) is 11.4 Å². The molecule has 0 atom stereocenters. The lowest BCUT2D eigenvalue weighted by molar-refractivity contribution is -0.116. The summed E-state index contributed by atoms with van der Waals surface area (Å²) < 4.78 is 44.6. The molecule has 1 amide bonds. The molecule has 0 radical (unpaired) electrons. The van der Waals surface area contributed by atoms with Gasteiger partial charge in [-0.1, -0.05) is 22.9 Å². The van der Waals surface area contributed by atoms with Crippen LogP contribution in [0.4, 0.5) is 9.52 Å². The first-order chi connectivity index (χ1) is 14.6. The second-order valence-electron chi connectivity index (χ2n) is 6.99. The number of amides is 1. The van der Waals surface area contributed by atoms with E-state index in [0.29, 0.717) is 32.7 Å². The predicted octanol–water partition coefficient (Wildman–Crippen LogP) is 3.47. The average molecular weight is 486 g/mol. The van der Waals surface area contributed by atoms with Crippen molar-refractivity contribution in [1.29, 1.82) is 0 Å². The number of carbonyl (C=O) groups is 1. The van der Waals surface area contributed by atoms with Crippen LogP contribution in [0, 0.1) is 5.82 Å². The number of halogens is 2. The van der Waals surface area contributed by atoms with Crippen LogP contribution < -0.4 is 9.64 Å². The number of rotatable bonds is 8. The third-order valence-corrected chi connectivity index (χ3v) is 7.61. The zero-order chi connectivity index (χ0) is 22.8. The van der Waals surface area contributed by atoms with Crippen molar-refractivity contribution in [3.63, 3.8) is 0 Å². The Morgan fingerprint density at radius 1 is 1.16 bits per heavy atom. The van der Waals surface area contributed by atoms with E-state index in [4.69, 9.17) is 16.3 Å². The van der Waals surface area contributed by atoms with Crippen LogP contribution in [-0.2, 0) is 14.6 Å². The van der Waals surface area contributed by atoms with Gasteiger partial charge in [-0.05, 0) is 50.5 Å². The van der Waals surface area contributed by atoms with E-state index in [1.165, 1.54) is 23.3 Å². The minimum absolute atomic E-state index is 0.121. The number of sulfone groups is 1. The SMILES string of the molecule is COc1ccc(Cl)c2sc(N(CCN(C)C)C(=O)CS(=O)(=O)c3ccc(F)cc3)nc12. The van der Waals surface area contributed by atoms with Crippen LogP contribution in [0.15, 0.2) is 41.3 Å². The molecule has 7 nitrogen and oxygen atoms in total. The van der Waals surface area contributed by atoms with Crippen molar-refractivity contribution < 1.29 is 22.3 Å². The first-order valence-corrected chi connectivity index (χ1v) is 12.0. The molecule has 2 aromatic carbocycles.